The SMILES string of the molecule is Cc1cc(C(C)(C)CC(=O)O)c(C=O)cc1F. The standard InChI is InChI=1S/C13H15FO3/c1-8-4-10(9(7-15)5-11(8)14)13(2,3)6-12(16)17/h4-5,7H,6H2,1-3H3,(H,16,17). The fraction of sp³-hybridized carbons (Fsp3) is 0.385. The van der Waals surface area contributed by atoms with Gasteiger partial charge in [0.15, 0.2) is 0 Å². The highest BCUT2D eigenvalue weighted by Gasteiger charge is 2.27. The van der Waals surface area contributed by atoms with Crippen LogP contribution in [0.4, 0.5) is 4.39 Å². The third-order valence-corrected chi connectivity index (χ3v) is 2.78. The van der Waals surface area contributed by atoms with Gasteiger partial charge in [-0.1, -0.05) is 19.9 Å². The summed E-state index contributed by atoms with van der Waals surface area (Å²) in [4.78, 5) is 21.7. The van der Waals surface area contributed by atoms with Crippen LogP contribution < -0.4 is 0 Å². The third kappa shape index (κ3) is 2.90. The zero-order chi connectivity index (χ0) is 13.2. The van der Waals surface area contributed by atoms with Gasteiger partial charge in [-0.15, -0.1) is 0 Å². The predicted molar refractivity (Wildman–Crippen MR) is 61.8 cm³/mol. The van der Waals surface area contributed by atoms with Crippen LogP contribution >= 0.6 is 0 Å². The van der Waals surface area contributed by atoms with Gasteiger partial charge in [0.2, 0.25) is 0 Å². The monoisotopic (exact) mass is 238 g/mol. The molecule has 0 saturated carbocycles. The third-order valence-electron chi connectivity index (χ3n) is 2.78. The molecule has 0 unspecified atom stereocenters. The molecule has 0 aliphatic carbocycles. The minimum absolute atomic E-state index is 0.112. The van der Waals surface area contributed by atoms with Gasteiger partial charge in [0.25, 0.3) is 0 Å². The number of halogens is 1. The van der Waals surface area contributed by atoms with E-state index in [1.165, 1.54) is 0 Å². The van der Waals surface area contributed by atoms with E-state index in [2.05, 4.69) is 0 Å². The van der Waals surface area contributed by atoms with Crippen LogP contribution in [0.2, 0.25) is 0 Å². The van der Waals surface area contributed by atoms with Crippen LogP contribution in [0.5, 0.6) is 0 Å². The van der Waals surface area contributed by atoms with Gasteiger partial charge in [0, 0.05) is 11.0 Å². The molecule has 92 valence electrons. The second-order valence-electron chi connectivity index (χ2n) is 4.76. The number of aliphatic carboxylic acids is 1. The predicted octanol–water partition coefficient (Wildman–Crippen LogP) is 2.70. The molecule has 0 aliphatic heterocycles. The Morgan fingerprint density at radius 3 is 2.53 bits per heavy atom. The average molecular weight is 238 g/mol. The molecule has 1 N–H and O–H groups in total. The first-order chi connectivity index (χ1) is 7.77. The lowest BCUT2D eigenvalue weighted by Gasteiger charge is -2.25. The van der Waals surface area contributed by atoms with Gasteiger partial charge < -0.3 is 5.11 Å². The second-order valence-corrected chi connectivity index (χ2v) is 4.76. The molecule has 0 atom stereocenters. The van der Waals surface area contributed by atoms with E-state index < -0.39 is 17.2 Å². The summed E-state index contributed by atoms with van der Waals surface area (Å²) in [5.41, 5.74) is 0.470. The normalized spacial score (nSPS) is 11.3. The molecule has 0 heterocycles. The number of hydrogen-bond acceptors (Lipinski definition) is 2. The molecule has 1 aromatic carbocycles. The Balaban J connectivity index is 3.33. The first kappa shape index (κ1) is 13.4. The number of aryl methyl sites for hydroxylation is 1. The number of benzene rings is 1. The maximum absolute atomic E-state index is 13.3. The van der Waals surface area contributed by atoms with E-state index in [9.17, 15) is 14.0 Å². The van der Waals surface area contributed by atoms with Crippen LogP contribution in [0, 0.1) is 12.7 Å². The summed E-state index contributed by atoms with van der Waals surface area (Å²) in [5, 5.41) is 8.84. The van der Waals surface area contributed by atoms with Gasteiger partial charge in [-0.2, -0.15) is 0 Å². The molecule has 1 aromatic rings. The molecule has 4 heteroatoms. The van der Waals surface area contributed by atoms with Crippen molar-refractivity contribution in [1.29, 1.82) is 0 Å². The maximum Gasteiger partial charge on any atom is 0.304 e. The Morgan fingerprint density at radius 1 is 1.47 bits per heavy atom. The van der Waals surface area contributed by atoms with E-state index in [1.807, 2.05) is 0 Å². The molecule has 0 aliphatic rings. The van der Waals surface area contributed by atoms with Crippen LogP contribution in [0.15, 0.2) is 12.1 Å². The van der Waals surface area contributed by atoms with E-state index in [0.29, 0.717) is 17.4 Å². The summed E-state index contributed by atoms with van der Waals surface area (Å²) in [6.07, 6.45) is 0.445. The molecule has 0 bridgehead atoms. The molecule has 0 spiro atoms. The molecular formula is C13H15FO3. The van der Waals surface area contributed by atoms with Crippen LogP contribution in [-0.2, 0) is 10.2 Å². The molecule has 3 nitrogen and oxygen atoms in total. The average Bonchev–Trinajstić information content (AvgIpc) is 2.19. The van der Waals surface area contributed by atoms with Gasteiger partial charge in [-0.25, -0.2) is 4.39 Å². The van der Waals surface area contributed by atoms with Crippen molar-refractivity contribution < 1.29 is 19.1 Å². The van der Waals surface area contributed by atoms with Crippen molar-refractivity contribution in [3.05, 3.63) is 34.6 Å². The van der Waals surface area contributed by atoms with E-state index >= 15 is 0 Å². The van der Waals surface area contributed by atoms with Gasteiger partial charge in [-0.05, 0) is 24.1 Å². The van der Waals surface area contributed by atoms with Crippen molar-refractivity contribution in [2.24, 2.45) is 0 Å². The molecular weight excluding hydrogens is 223 g/mol. The smallest absolute Gasteiger partial charge is 0.304 e. The number of carbonyl (C=O) groups is 2. The maximum atomic E-state index is 13.3. The highest BCUT2D eigenvalue weighted by molar-refractivity contribution is 5.79. The lowest BCUT2D eigenvalue weighted by atomic mass is 9.78. The highest BCUT2D eigenvalue weighted by Crippen LogP contribution is 2.31. The van der Waals surface area contributed by atoms with Crippen LogP contribution in [-0.4, -0.2) is 17.4 Å². The number of carbonyl (C=O) groups excluding carboxylic acids is 1. The molecule has 0 fully saturated rings. The van der Waals surface area contributed by atoms with Gasteiger partial charge in [0.05, 0.1) is 6.42 Å². The molecule has 0 aromatic heterocycles. The minimum Gasteiger partial charge on any atom is -0.481 e. The quantitative estimate of drug-likeness (QED) is 0.820. The van der Waals surface area contributed by atoms with Crippen molar-refractivity contribution >= 4 is 12.3 Å². The zero-order valence-electron chi connectivity index (χ0n) is 10.1. The number of hydrogen-bond donors (Lipinski definition) is 1. The molecule has 0 saturated heterocycles. The molecule has 0 amide bonds. The summed E-state index contributed by atoms with van der Waals surface area (Å²) >= 11 is 0. The second kappa shape index (κ2) is 4.65. The Bertz CT molecular complexity index is 464. The Labute approximate surface area is 99.3 Å². The van der Waals surface area contributed by atoms with Crippen molar-refractivity contribution in [1.82, 2.24) is 0 Å². The largest absolute Gasteiger partial charge is 0.481 e. The van der Waals surface area contributed by atoms with Gasteiger partial charge >= 0.3 is 5.97 Å². The van der Waals surface area contributed by atoms with Gasteiger partial charge in [0.1, 0.15) is 12.1 Å². The lowest BCUT2D eigenvalue weighted by molar-refractivity contribution is -0.138. The van der Waals surface area contributed by atoms with Crippen molar-refractivity contribution in [2.75, 3.05) is 0 Å². The first-order valence-electron chi connectivity index (χ1n) is 5.25. The fourth-order valence-corrected chi connectivity index (χ4v) is 1.85. The summed E-state index contributed by atoms with van der Waals surface area (Å²) in [6, 6.07) is 2.70. The summed E-state index contributed by atoms with van der Waals surface area (Å²) in [5.74, 6) is -1.41. The number of rotatable bonds is 4. The molecule has 0 radical (unpaired) electrons. The topological polar surface area (TPSA) is 54.4 Å². The van der Waals surface area contributed by atoms with E-state index in [0.717, 1.165) is 6.07 Å². The van der Waals surface area contributed by atoms with Crippen molar-refractivity contribution in [3.8, 4) is 0 Å². The molecule has 1 rings (SSSR count). The van der Waals surface area contributed by atoms with E-state index in [-0.39, 0.29) is 12.0 Å². The van der Waals surface area contributed by atoms with Crippen molar-refractivity contribution in [3.63, 3.8) is 0 Å². The van der Waals surface area contributed by atoms with Crippen LogP contribution in [0.3, 0.4) is 0 Å². The van der Waals surface area contributed by atoms with E-state index in [1.54, 1.807) is 26.8 Å². The Kier molecular flexibility index (Phi) is 3.66. The van der Waals surface area contributed by atoms with Gasteiger partial charge in [-0.3, -0.25) is 9.59 Å². The van der Waals surface area contributed by atoms with E-state index in [4.69, 9.17) is 5.11 Å². The number of aldehydes is 1. The first-order valence-corrected chi connectivity index (χ1v) is 5.25. The van der Waals surface area contributed by atoms with Crippen molar-refractivity contribution in [2.45, 2.75) is 32.6 Å². The summed E-state index contributed by atoms with van der Waals surface area (Å²) < 4.78 is 13.3. The Morgan fingerprint density at radius 2 is 2.06 bits per heavy atom. The fourth-order valence-electron chi connectivity index (χ4n) is 1.85. The summed E-state index contributed by atoms with van der Waals surface area (Å²) in [6.45, 7) is 5.03. The van der Waals surface area contributed by atoms with Crippen LogP contribution in [0.1, 0.15) is 41.8 Å². The Hall–Kier alpha value is -1.71. The highest BCUT2D eigenvalue weighted by atomic mass is 19.1. The molecule has 17 heavy (non-hydrogen) atoms. The minimum atomic E-state index is -0.950. The van der Waals surface area contributed by atoms with Crippen LogP contribution in [0.25, 0.3) is 0 Å². The lowest BCUT2D eigenvalue weighted by Crippen LogP contribution is -2.23. The number of carboxylic acids is 1. The summed E-state index contributed by atoms with van der Waals surface area (Å²) in [7, 11) is 0. The number of carboxylic acid groups (broad SMARTS) is 1. The zero-order valence-corrected chi connectivity index (χ0v) is 10.1.